The molecule has 150 valence electrons. The van der Waals surface area contributed by atoms with Crippen LogP contribution < -0.4 is 15.5 Å². The lowest BCUT2D eigenvalue weighted by atomic mass is 9.91. The number of nitrogens with zero attached hydrogens (tertiary/aromatic N) is 3. The Morgan fingerprint density at radius 3 is 2.21 bits per heavy atom. The SMILES string of the molecule is Cc1nc(N[C@H]2CC[C@@H](NC(=O)c3cc(Br)cc(Br)c3)CC2)cc(N(C)C)n1. The number of carbonyl (C=O) groups is 1. The van der Waals surface area contributed by atoms with Crippen LogP contribution in [0.1, 0.15) is 41.9 Å². The monoisotopic (exact) mass is 509 g/mol. The molecule has 0 unspecified atom stereocenters. The van der Waals surface area contributed by atoms with Gasteiger partial charge in [0.1, 0.15) is 17.5 Å². The van der Waals surface area contributed by atoms with E-state index < -0.39 is 0 Å². The minimum atomic E-state index is -0.0274. The Morgan fingerprint density at radius 1 is 1.00 bits per heavy atom. The number of rotatable bonds is 5. The molecule has 0 spiro atoms. The van der Waals surface area contributed by atoms with E-state index in [1.807, 2.05) is 50.2 Å². The van der Waals surface area contributed by atoms with Gasteiger partial charge < -0.3 is 15.5 Å². The van der Waals surface area contributed by atoms with Crippen LogP contribution in [0, 0.1) is 6.92 Å². The first kappa shape index (κ1) is 21.0. The number of hydrogen-bond donors (Lipinski definition) is 2. The van der Waals surface area contributed by atoms with Crippen molar-refractivity contribution >= 4 is 49.4 Å². The van der Waals surface area contributed by atoms with Crippen LogP contribution in [0.4, 0.5) is 11.6 Å². The van der Waals surface area contributed by atoms with Gasteiger partial charge in [0.15, 0.2) is 0 Å². The zero-order valence-electron chi connectivity index (χ0n) is 16.3. The molecule has 0 atom stereocenters. The van der Waals surface area contributed by atoms with Gasteiger partial charge in [-0.1, -0.05) is 31.9 Å². The Balaban J connectivity index is 1.54. The van der Waals surface area contributed by atoms with E-state index >= 15 is 0 Å². The summed E-state index contributed by atoms with van der Waals surface area (Å²) in [6.07, 6.45) is 3.88. The number of halogens is 2. The van der Waals surface area contributed by atoms with Crippen LogP contribution in [0.5, 0.6) is 0 Å². The molecule has 0 saturated heterocycles. The van der Waals surface area contributed by atoms with Crippen molar-refractivity contribution in [3.63, 3.8) is 0 Å². The highest BCUT2D eigenvalue weighted by atomic mass is 79.9. The quantitative estimate of drug-likeness (QED) is 0.618. The van der Waals surface area contributed by atoms with E-state index in [9.17, 15) is 4.79 Å². The number of anilines is 2. The van der Waals surface area contributed by atoms with E-state index in [0.717, 1.165) is 52.1 Å². The highest BCUT2D eigenvalue weighted by Gasteiger charge is 2.23. The van der Waals surface area contributed by atoms with Crippen molar-refractivity contribution in [1.82, 2.24) is 15.3 Å². The maximum absolute atomic E-state index is 12.5. The third-order valence-corrected chi connectivity index (χ3v) is 5.74. The van der Waals surface area contributed by atoms with E-state index in [1.165, 1.54) is 0 Å². The fraction of sp³-hybridized carbons (Fsp3) is 0.450. The summed E-state index contributed by atoms with van der Waals surface area (Å²) in [6, 6.07) is 8.14. The van der Waals surface area contributed by atoms with Gasteiger partial charge in [-0.2, -0.15) is 0 Å². The molecule has 2 N–H and O–H groups in total. The molecule has 6 nitrogen and oxygen atoms in total. The number of hydrogen-bond acceptors (Lipinski definition) is 5. The van der Waals surface area contributed by atoms with Crippen molar-refractivity contribution in [3.8, 4) is 0 Å². The van der Waals surface area contributed by atoms with E-state index in [1.54, 1.807) is 0 Å². The van der Waals surface area contributed by atoms with Crippen molar-refractivity contribution in [1.29, 1.82) is 0 Å². The second-order valence-corrected chi connectivity index (χ2v) is 9.21. The van der Waals surface area contributed by atoms with Crippen LogP contribution in [-0.2, 0) is 0 Å². The first-order valence-electron chi connectivity index (χ1n) is 9.36. The van der Waals surface area contributed by atoms with Gasteiger partial charge in [0.25, 0.3) is 5.91 Å². The second-order valence-electron chi connectivity index (χ2n) is 7.38. The maximum atomic E-state index is 12.5. The molecular formula is C20H25Br2N5O. The molecule has 1 amide bonds. The Morgan fingerprint density at radius 2 is 1.61 bits per heavy atom. The highest BCUT2D eigenvalue weighted by molar-refractivity contribution is 9.11. The summed E-state index contributed by atoms with van der Waals surface area (Å²) in [7, 11) is 3.95. The molecule has 0 bridgehead atoms. The van der Waals surface area contributed by atoms with E-state index in [-0.39, 0.29) is 11.9 Å². The van der Waals surface area contributed by atoms with Crippen molar-refractivity contribution in [3.05, 3.63) is 44.6 Å². The first-order valence-corrected chi connectivity index (χ1v) is 11.0. The summed E-state index contributed by atoms with van der Waals surface area (Å²) in [4.78, 5) is 23.5. The molecular weight excluding hydrogens is 486 g/mol. The minimum Gasteiger partial charge on any atom is -0.367 e. The molecule has 1 aromatic carbocycles. The molecule has 1 aliphatic rings. The number of nitrogens with one attached hydrogen (secondary N) is 2. The molecule has 8 heteroatoms. The maximum Gasteiger partial charge on any atom is 0.251 e. The number of aryl methyl sites for hydroxylation is 1. The lowest BCUT2D eigenvalue weighted by Gasteiger charge is -2.30. The molecule has 1 aliphatic carbocycles. The smallest absolute Gasteiger partial charge is 0.251 e. The standard InChI is InChI=1S/C20H25Br2N5O/c1-12-23-18(11-19(24-12)27(2)3)25-16-4-6-17(7-5-16)26-20(28)13-8-14(21)10-15(22)9-13/h8-11,16-17H,4-7H2,1-3H3,(H,26,28)(H,23,24,25)/t16-,17+. The Bertz CT molecular complexity index is 830. The van der Waals surface area contributed by atoms with Gasteiger partial charge in [-0.3, -0.25) is 4.79 Å². The fourth-order valence-electron chi connectivity index (χ4n) is 3.40. The summed E-state index contributed by atoms with van der Waals surface area (Å²) in [6.45, 7) is 1.91. The third-order valence-electron chi connectivity index (χ3n) is 4.82. The van der Waals surface area contributed by atoms with Gasteiger partial charge in [0.2, 0.25) is 0 Å². The molecule has 2 aromatic rings. The van der Waals surface area contributed by atoms with Gasteiger partial charge in [-0.15, -0.1) is 0 Å². The van der Waals surface area contributed by atoms with Crippen LogP contribution in [0.3, 0.4) is 0 Å². The molecule has 1 saturated carbocycles. The van der Waals surface area contributed by atoms with E-state index in [2.05, 4.69) is 52.5 Å². The topological polar surface area (TPSA) is 70.2 Å². The number of carbonyl (C=O) groups excluding carboxylic acids is 1. The zero-order valence-corrected chi connectivity index (χ0v) is 19.5. The van der Waals surface area contributed by atoms with Crippen LogP contribution in [0.15, 0.2) is 33.2 Å². The molecule has 3 rings (SSSR count). The minimum absolute atomic E-state index is 0.0274. The average molecular weight is 511 g/mol. The first-order chi connectivity index (χ1) is 13.3. The second kappa shape index (κ2) is 9.22. The predicted octanol–water partition coefficient (Wildman–Crippen LogP) is 4.53. The van der Waals surface area contributed by atoms with Crippen molar-refractivity contribution < 1.29 is 4.79 Å². The van der Waals surface area contributed by atoms with Crippen molar-refractivity contribution in [2.75, 3.05) is 24.3 Å². The zero-order chi connectivity index (χ0) is 20.3. The van der Waals surface area contributed by atoms with E-state index in [0.29, 0.717) is 11.6 Å². The summed E-state index contributed by atoms with van der Waals surface area (Å²) in [5.41, 5.74) is 0.661. The Labute approximate surface area is 182 Å². The number of benzene rings is 1. The van der Waals surface area contributed by atoms with Gasteiger partial charge in [-0.05, 0) is 50.8 Å². The fourth-order valence-corrected chi connectivity index (χ4v) is 4.69. The van der Waals surface area contributed by atoms with Gasteiger partial charge >= 0.3 is 0 Å². The van der Waals surface area contributed by atoms with Gasteiger partial charge in [-0.25, -0.2) is 9.97 Å². The van der Waals surface area contributed by atoms with Gasteiger partial charge in [0.05, 0.1) is 0 Å². The lowest BCUT2D eigenvalue weighted by Crippen LogP contribution is -2.40. The third kappa shape index (κ3) is 5.67. The predicted molar refractivity (Wildman–Crippen MR) is 120 cm³/mol. The largest absolute Gasteiger partial charge is 0.367 e. The molecule has 1 fully saturated rings. The molecule has 0 aliphatic heterocycles. The summed E-state index contributed by atoms with van der Waals surface area (Å²) in [5, 5.41) is 6.70. The van der Waals surface area contributed by atoms with Crippen LogP contribution in [0.2, 0.25) is 0 Å². The summed E-state index contributed by atoms with van der Waals surface area (Å²) < 4.78 is 1.77. The average Bonchev–Trinajstić information content (AvgIpc) is 2.62. The summed E-state index contributed by atoms with van der Waals surface area (Å²) in [5.74, 6) is 2.49. The molecule has 1 heterocycles. The number of amides is 1. The molecule has 28 heavy (non-hydrogen) atoms. The van der Waals surface area contributed by atoms with Crippen molar-refractivity contribution in [2.45, 2.75) is 44.7 Å². The molecule has 0 radical (unpaired) electrons. The molecule has 1 aromatic heterocycles. The van der Waals surface area contributed by atoms with Crippen molar-refractivity contribution in [2.24, 2.45) is 0 Å². The van der Waals surface area contributed by atoms with Gasteiger partial charge in [0, 0.05) is 46.8 Å². The van der Waals surface area contributed by atoms with E-state index in [4.69, 9.17) is 0 Å². The Kier molecular flexibility index (Phi) is 6.93. The Hall–Kier alpha value is -1.67. The normalized spacial score (nSPS) is 19.2. The lowest BCUT2D eigenvalue weighted by molar-refractivity contribution is 0.0926. The van der Waals surface area contributed by atoms with Crippen LogP contribution in [-0.4, -0.2) is 42.1 Å². The highest BCUT2D eigenvalue weighted by Crippen LogP contribution is 2.24. The van der Waals surface area contributed by atoms with Crippen LogP contribution in [0.25, 0.3) is 0 Å². The summed E-state index contributed by atoms with van der Waals surface area (Å²) >= 11 is 6.87. The van der Waals surface area contributed by atoms with Crippen LogP contribution >= 0.6 is 31.9 Å². The number of aromatic nitrogens is 2.